The van der Waals surface area contributed by atoms with Gasteiger partial charge in [-0.3, -0.25) is 0 Å². The van der Waals surface area contributed by atoms with E-state index in [1.54, 1.807) is 0 Å². The zero-order chi connectivity index (χ0) is 37.4. The Hall–Kier alpha value is -6.44. The average Bonchev–Trinajstić information content (AvgIpc) is 3.24. The Morgan fingerprint density at radius 3 is 1.49 bits per heavy atom. The molecule has 0 aliphatic heterocycles. The highest BCUT2D eigenvalue weighted by atomic mass is 15.1. The molecule has 0 saturated heterocycles. The van der Waals surface area contributed by atoms with Crippen LogP contribution in [-0.2, 0) is 12.8 Å². The number of fused-ring (bicyclic) bond motifs is 1. The van der Waals surface area contributed by atoms with Crippen LogP contribution in [-0.4, -0.2) is 0 Å². The van der Waals surface area contributed by atoms with E-state index in [4.69, 9.17) is 0 Å². The van der Waals surface area contributed by atoms with Crippen LogP contribution in [0, 0.1) is 13.8 Å². The van der Waals surface area contributed by atoms with Crippen LogP contribution in [0.5, 0.6) is 0 Å². The summed E-state index contributed by atoms with van der Waals surface area (Å²) in [6.07, 6.45) is 13.8. The molecule has 0 atom stereocenters. The molecule has 1 aliphatic carbocycles. The lowest BCUT2D eigenvalue weighted by atomic mass is 9.91. The highest BCUT2D eigenvalue weighted by Crippen LogP contribution is 2.38. The minimum atomic E-state index is 1.14. The number of hydrogen-bond donors (Lipinski definition) is 0. The summed E-state index contributed by atoms with van der Waals surface area (Å²) < 4.78 is 0. The quantitative estimate of drug-likeness (QED) is 0.101. The first-order valence-corrected chi connectivity index (χ1v) is 19.5. The number of hydrogen-bond acceptors (Lipinski definition) is 1. The molecule has 0 N–H and O–H groups in total. The maximum atomic E-state index is 2.42. The van der Waals surface area contributed by atoms with Gasteiger partial charge in [0.1, 0.15) is 0 Å². The van der Waals surface area contributed by atoms with Crippen LogP contribution in [0.25, 0.3) is 23.3 Å². The van der Waals surface area contributed by atoms with Crippen LogP contribution in [0.1, 0.15) is 68.5 Å². The van der Waals surface area contributed by atoms with Crippen molar-refractivity contribution >= 4 is 40.4 Å². The Labute approximate surface area is 327 Å². The average molecular weight is 710 g/mol. The maximum absolute atomic E-state index is 2.42. The van der Waals surface area contributed by atoms with Crippen molar-refractivity contribution in [3.63, 3.8) is 0 Å². The zero-order valence-corrected chi connectivity index (χ0v) is 31.8. The first-order valence-electron chi connectivity index (χ1n) is 19.5. The van der Waals surface area contributed by atoms with Gasteiger partial charge in [0.05, 0.1) is 0 Å². The minimum absolute atomic E-state index is 1.14. The maximum Gasteiger partial charge on any atom is 0.0464 e. The highest BCUT2D eigenvalue weighted by molar-refractivity contribution is 5.92. The van der Waals surface area contributed by atoms with E-state index in [0.29, 0.717) is 0 Å². The normalized spacial score (nSPS) is 13.1. The van der Waals surface area contributed by atoms with Gasteiger partial charge >= 0.3 is 0 Å². The molecule has 0 amide bonds. The van der Waals surface area contributed by atoms with Crippen molar-refractivity contribution in [2.45, 2.75) is 39.5 Å². The standard InChI is InChI=1S/C54H47N/c1-40-20-28-47(29-21-40)53(45-14-5-3-6-15-45)19-11-12-42-24-33-50(34-25-42)55(52-37-32-44-13-9-10-18-49(44)39-52)51-35-26-43(27-36-51)38-54(46-16-7-4-8-17-46)48-30-22-41(2)23-31-48/h3-8,11-12,14-17,19-39H,9-10,13,18H2,1-2H3/b12-11+,53-19+,54-38+. The van der Waals surface area contributed by atoms with Crippen molar-refractivity contribution < 1.29 is 0 Å². The van der Waals surface area contributed by atoms with Gasteiger partial charge in [0.25, 0.3) is 0 Å². The Kier molecular flexibility index (Phi) is 10.8. The molecule has 0 bridgehead atoms. The van der Waals surface area contributed by atoms with E-state index >= 15 is 0 Å². The topological polar surface area (TPSA) is 3.24 Å². The highest BCUT2D eigenvalue weighted by Gasteiger charge is 2.17. The van der Waals surface area contributed by atoms with E-state index < -0.39 is 0 Å². The summed E-state index contributed by atoms with van der Waals surface area (Å²) in [4.78, 5) is 2.40. The smallest absolute Gasteiger partial charge is 0.0464 e. The van der Waals surface area contributed by atoms with Gasteiger partial charge in [-0.2, -0.15) is 0 Å². The van der Waals surface area contributed by atoms with Crippen molar-refractivity contribution in [2.75, 3.05) is 4.90 Å². The lowest BCUT2D eigenvalue weighted by molar-refractivity contribution is 0.685. The number of nitrogens with zero attached hydrogens (tertiary/aromatic N) is 1. The first kappa shape index (κ1) is 35.6. The molecule has 0 fully saturated rings. The summed E-state index contributed by atoms with van der Waals surface area (Å²) in [5.74, 6) is 0. The van der Waals surface area contributed by atoms with E-state index in [2.05, 4.69) is 219 Å². The third-order valence-electron chi connectivity index (χ3n) is 10.7. The van der Waals surface area contributed by atoms with Crippen molar-refractivity contribution in [3.8, 4) is 0 Å². The zero-order valence-electron chi connectivity index (χ0n) is 31.8. The van der Waals surface area contributed by atoms with Crippen LogP contribution in [0.15, 0.2) is 188 Å². The van der Waals surface area contributed by atoms with Gasteiger partial charge in [0, 0.05) is 17.1 Å². The third kappa shape index (κ3) is 8.53. The molecule has 55 heavy (non-hydrogen) atoms. The molecule has 8 rings (SSSR count). The van der Waals surface area contributed by atoms with Gasteiger partial charge in [-0.05, 0) is 138 Å². The molecule has 0 unspecified atom stereocenters. The number of benzene rings is 7. The second-order valence-electron chi connectivity index (χ2n) is 14.6. The summed E-state index contributed by atoms with van der Waals surface area (Å²) in [6, 6.07) is 64.0. The van der Waals surface area contributed by atoms with Gasteiger partial charge in [-0.15, -0.1) is 0 Å². The third-order valence-corrected chi connectivity index (χ3v) is 10.7. The van der Waals surface area contributed by atoms with E-state index in [-0.39, 0.29) is 0 Å². The molecule has 0 saturated carbocycles. The Bertz CT molecular complexity index is 2430. The monoisotopic (exact) mass is 709 g/mol. The van der Waals surface area contributed by atoms with Crippen LogP contribution in [0.4, 0.5) is 17.1 Å². The molecule has 0 spiro atoms. The molecule has 0 radical (unpaired) electrons. The lowest BCUT2D eigenvalue weighted by Gasteiger charge is -2.27. The summed E-state index contributed by atoms with van der Waals surface area (Å²) in [6.45, 7) is 4.27. The minimum Gasteiger partial charge on any atom is -0.310 e. The number of anilines is 3. The molecule has 0 heterocycles. The van der Waals surface area contributed by atoms with Gasteiger partial charge in [0.2, 0.25) is 0 Å². The first-order chi connectivity index (χ1) is 27.1. The second kappa shape index (κ2) is 16.7. The summed E-state index contributed by atoms with van der Waals surface area (Å²) in [5.41, 5.74) is 18.6. The fraction of sp³-hybridized carbons (Fsp3) is 0.111. The molecule has 7 aromatic rings. The fourth-order valence-electron chi connectivity index (χ4n) is 7.58. The molecule has 0 aromatic heterocycles. The predicted octanol–water partition coefficient (Wildman–Crippen LogP) is 14.4. The Morgan fingerprint density at radius 1 is 0.436 bits per heavy atom. The molecule has 7 aromatic carbocycles. The van der Waals surface area contributed by atoms with Gasteiger partial charge < -0.3 is 4.90 Å². The van der Waals surface area contributed by atoms with E-state index in [0.717, 1.165) is 23.4 Å². The largest absolute Gasteiger partial charge is 0.310 e. The Balaban J connectivity index is 1.12. The van der Waals surface area contributed by atoms with Crippen LogP contribution in [0.3, 0.4) is 0 Å². The van der Waals surface area contributed by atoms with Crippen LogP contribution < -0.4 is 4.90 Å². The summed E-state index contributed by atoms with van der Waals surface area (Å²) in [7, 11) is 0. The van der Waals surface area contributed by atoms with Crippen molar-refractivity contribution in [3.05, 3.63) is 244 Å². The van der Waals surface area contributed by atoms with E-state index in [9.17, 15) is 0 Å². The van der Waals surface area contributed by atoms with Gasteiger partial charge in [0.15, 0.2) is 0 Å². The van der Waals surface area contributed by atoms with Crippen molar-refractivity contribution in [1.82, 2.24) is 0 Å². The SMILES string of the molecule is Cc1ccc(/C(=C/C=C/c2ccc(N(c3ccc(/C=C(\c4ccccc4)c4ccc(C)cc4)cc3)c3ccc4c(c3)CCCC4)cc2)c2ccccc2)cc1. The van der Waals surface area contributed by atoms with Gasteiger partial charge in [-0.1, -0.05) is 169 Å². The number of rotatable bonds is 10. The van der Waals surface area contributed by atoms with E-state index in [1.165, 1.54) is 86.2 Å². The fourth-order valence-corrected chi connectivity index (χ4v) is 7.58. The second-order valence-corrected chi connectivity index (χ2v) is 14.6. The molecule has 1 heteroatoms. The molecule has 1 nitrogen and oxygen atoms in total. The summed E-state index contributed by atoms with van der Waals surface area (Å²) in [5, 5.41) is 0. The molecular formula is C54H47N. The Morgan fingerprint density at radius 2 is 0.909 bits per heavy atom. The molecular weight excluding hydrogens is 663 g/mol. The number of allylic oxidation sites excluding steroid dienone is 2. The van der Waals surface area contributed by atoms with Crippen LogP contribution in [0.2, 0.25) is 0 Å². The predicted molar refractivity (Wildman–Crippen MR) is 236 cm³/mol. The van der Waals surface area contributed by atoms with Crippen molar-refractivity contribution in [1.29, 1.82) is 0 Å². The number of aryl methyl sites for hydroxylation is 4. The van der Waals surface area contributed by atoms with Crippen LogP contribution >= 0.6 is 0 Å². The lowest BCUT2D eigenvalue weighted by Crippen LogP contribution is -2.12. The van der Waals surface area contributed by atoms with Gasteiger partial charge in [-0.25, -0.2) is 0 Å². The van der Waals surface area contributed by atoms with E-state index in [1.807, 2.05) is 0 Å². The summed E-state index contributed by atoms with van der Waals surface area (Å²) >= 11 is 0. The molecule has 1 aliphatic rings. The molecule has 268 valence electrons. The van der Waals surface area contributed by atoms with Crippen molar-refractivity contribution in [2.24, 2.45) is 0 Å².